The number of unbranched alkanes of at least 4 members (excludes halogenated alkanes) is 1. The topological polar surface area (TPSA) is 66.4 Å². The minimum absolute atomic E-state index is 0.0318. The number of rotatable bonds is 7. The monoisotopic (exact) mass is 319 g/mol. The molecule has 6 heteroatoms. The minimum atomic E-state index is -0.812. The lowest BCUT2D eigenvalue weighted by Crippen LogP contribution is -2.22. The van der Waals surface area contributed by atoms with Crippen LogP contribution in [0.2, 0.25) is 0 Å². The lowest BCUT2D eigenvalue weighted by atomic mass is 10.2. The molecule has 0 atom stereocenters. The molecule has 0 fully saturated rings. The van der Waals surface area contributed by atoms with E-state index in [2.05, 4.69) is 21.2 Å². The van der Waals surface area contributed by atoms with Gasteiger partial charge < -0.3 is 10.4 Å². The molecule has 0 radical (unpaired) electrons. The van der Waals surface area contributed by atoms with Crippen LogP contribution in [0.1, 0.15) is 30.6 Å². The first kappa shape index (κ1) is 14.2. The van der Waals surface area contributed by atoms with E-state index in [4.69, 9.17) is 5.11 Å². The molecule has 4 nitrogen and oxygen atoms in total. The molecule has 94 valence electrons. The number of carboxylic acids is 1. The average Bonchev–Trinajstić information content (AvgIpc) is 2.67. The molecular weight excluding hydrogens is 306 g/mol. The van der Waals surface area contributed by atoms with E-state index in [1.165, 1.54) is 0 Å². The Kier molecular flexibility index (Phi) is 6.21. The van der Waals surface area contributed by atoms with Gasteiger partial charge in [-0.05, 0) is 40.2 Å². The molecule has 2 N–H and O–H groups in total. The van der Waals surface area contributed by atoms with Crippen molar-refractivity contribution in [1.82, 2.24) is 5.32 Å². The molecule has 0 saturated carbocycles. The molecule has 17 heavy (non-hydrogen) atoms. The van der Waals surface area contributed by atoms with E-state index in [0.29, 0.717) is 25.8 Å². The molecule has 1 rings (SSSR count). The zero-order valence-electron chi connectivity index (χ0n) is 9.24. The van der Waals surface area contributed by atoms with Gasteiger partial charge in [-0.25, -0.2) is 0 Å². The first-order valence-electron chi connectivity index (χ1n) is 5.30. The van der Waals surface area contributed by atoms with Gasteiger partial charge in [0.05, 0.1) is 6.54 Å². The van der Waals surface area contributed by atoms with Crippen molar-refractivity contribution in [3.8, 4) is 0 Å². The number of hydrogen-bond donors (Lipinski definition) is 2. The summed E-state index contributed by atoms with van der Waals surface area (Å²) in [4.78, 5) is 22.8. The van der Waals surface area contributed by atoms with Crippen LogP contribution in [0.4, 0.5) is 0 Å². The molecule has 1 heterocycles. The molecule has 0 aromatic carbocycles. The molecule has 1 aromatic rings. The van der Waals surface area contributed by atoms with Crippen molar-refractivity contribution in [3.63, 3.8) is 0 Å². The second-order valence-corrected chi connectivity index (χ2v) is 5.42. The van der Waals surface area contributed by atoms with Gasteiger partial charge in [0.25, 0.3) is 0 Å². The maximum Gasteiger partial charge on any atom is 0.303 e. The number of amides is 1. The molecule has 1 amide bonds. The zero-order valence-corrected chi connectivity index (χ0v) is 11.6. The Morgan fingerprint density at radius 2 is 2.06 bits per heavy atom. The highest BCUT2D eigenvalue weighted by molar-refractivity contribution is 9.10. The van der Waals surface area contributed by atoms with E-state index in [9.17, 15) is 9.59 Å². The Labute approximate surface area is 112 Å². The average molecular weight is 320 g/mol. The Bertz CT molecular complexity index is 392. The summed E-state index contributed by atoms with van der Waals surface area (Å²) in [5.41, 5.74) is 0. The third-order valence-corrected chi connectivity index (χ3v) is 4.11. The van der Waals surface area contributed by atoms with Gasteiger partial charge in [-0.1, -0.05) is 0 Å². The van der Waals surface area contributed by atoms with Crippen LogP contribution in [0.25, 0.3) is 0 Å². The molecular formula is C11H14BrNO3S. The van der Waals surface area contributed by atoms with Crippen LogP contribution >= 0.6 is 27.3 Å². The predicted octanol–water partition coefficient (Wildman–Crippen LogP) is 2.77. The Morgan fingerprint density at radius 3 is 2.65 bits per heavy atom. The van der Waals surface area contributed by atoms with Crippen molar-refractivity contribution in [2.75, 3.05) is 0 Å². The number of halogens is 1. The normalized spacial score (nSPS) is 10.2. The fourth-order valence-electron chi connectivity index (χ4n) is 1.28. The van der Waals surface area contributed by atoms with E-state index in [1.54, 1.807) is 11.3 Å². The van der Waals surface area contributed by atoms with Gasteiger partial charge in [0.2, 0.25) is 5.91 Å². The second-order valence-electron chi connectivity index (χ2n) is 3.57. The molecule has 0 aliphatic carbocycles. The number of aliphatic carboxylic acids is 1. The summed E-state index contributed by atoms with van der Waals surface area (Å²) in [5.74, 6) is -0.844. The van der Waals surface area contributed by atoms with Crippen LogP contribution in [0.15, 0.2) is 15.9 Å². The summed E-state index contributed by atoms with van der Waals surface area (Å²) in [6, 6.07) is 1.94. The summed E-state index contributed by atoms with van der Waals surface area (Å²) < 4.78 is 1.01. The van der Waals surface area contributed by atoms with E-state index in [-0.39, 0.29) is 12.3 Å². The molecule has 0 aliphatic heterocycles. The van der Waals surface area contributed by atoms with Gasteiger partial charge in [0.1, 0.15) is 0 Å². The first-order chi connectivity index (χ1) is 8.09. The molecule has 0 bridgehead atoms. The van der Waals surface area contributed by atoms with Crippen molar-refractivity contribution in [2.45, 2.75) is 32.2 Å². The van der Waals surface area contributed by atoms with Crippen molar-refractivity contribution < 1.29 is 14.7 Å². The number of nitrogens with one attached hydrogen (secondary N) is 1. The van der Waals surface area contributed by atoms with E-state index >= 15 is 0 Å². The Hall–Kier alpha value is -0.880. The lowest BCUT2D eigenvalue weighted by Gasteiger charge is -2.03. The summed E-state index contributed by atoms with van der Waals surface area (Å²) in [6.45, 7) is 0.524. The van der Waals surface area contributed by atoms with Gasteiger partial charge in [-0.3, -0.25) is 9.59 Å². The third kappa shape index (κ3) is 5.83. The molecule has 0 unspecified atom stereocenters. The van der Waals surface area contributed by atoms with Crippen molar-refractivity contribution in [1.29, 1.82) is 0 Å². The lowest BCUT2D eigenvalue weighted by molar-refractivity contribution is -0.137. The summed E-state index contributed by atoms with van der Waals surface area (Å²) in [5, 5.41) is 13.2. The number of carbonyl (C=O) groups is 2. The zero-order chi connectivity index (χ0) is 12.7. The number of carbonyl (C=O) groups excluding carboxylic acids is 1. The van der Waals surface area contributed by atoms with E-state index in [1.807, 2.05) is 11.4 Å². The van der Waals surface area contributed by atoms with Gasteiger partial charge in [0, 0.05) is 22.2 Å². The van der Waals surface area contributed by atoms with Crippen LogP contribution in [-0.4, -0.2) is 17.0 Å². The van der Waals surface area contributed by atoms with E-state index < -0.39 is 5.97 Å². The number of hydrogen-bond acceptors (Lipinski definition) is 3. The first-order valence-corrected chi connectivity index (χ1v) is 6.97. The summed E-state index contributed by atoms with van der Waals surface area (Å²) >= 11 is 4.97. The fourth-order valence-corrected chi connectivity index (χ4v) is 2.71. The molecule has 0 saturated heterocycles. The number of carboxylic acid groups (broad SMARTS) is 1. The van der Waals surface area contributed by atoms with Crippen molar-refractivity contribution in [3.05, 3.63) is 20.8 Å². The maximum atomic E-state index is 11.4. The quantitative estimate of drug-likeness (QED) is 0.759. The Balaban J connectivity index is 2.13. The smallest absolute Gasteiger partial charge is 0.303 e. The van der Waals surface area contributed by atoms with E-state index in [0.717, 1.165) is 9.35 Å². The van der Waals surface area contributed by atoms with Crippen LogP contribution in [0.5, 0.6) is 0 Å². The third-order valence-electron chi connectivity index (χ3n) is 2.18. The van der Waals surface area contributed by atoms with Gasteiger partial charge in [-0.2, -0.15) is 0 Å². The van der Waals surface area contributed by atoms with Crippen molar-refractivity contribution in [2.24, 2.45) is 0 Å². The second kappa shape index (κ2) is 7.45. The molecule has 0 spiro atoms. The van der Waals surface area contributed by atoms with Crippen molar-refractivity contribution >= 4 is 39.1 Å². The molecule has 1 aromatic heterocycles. The minimum Gasteiger partial charge on any atom is -0.481 e. The highest BCUT2D eigenvalue weighted by atomic mass is 79.9. The standard InChI is InChI=1S/C11H14BrNO3S/c12-8-5-6-17-9(8)7-13-10(14)3-1-2-4-11(15)16/h5-6H,1-4,7H2,(H,13,14)(H,15,16). The van der Waals surface area contributed by atoms with Gasteiger partial charge >= 0.3 is 5.97 Å². The summed E-state index contributed by atoms with van der Waals surface area (Å²) in [7, 11) is 0. The van der Waals surface area contributed by atoms with Crippen LogP contribution < -0.4 is 5.32 Å². The highest BCUT2D eigenvalue weighted by Crippen LogP contribution is 2.22. The van der Waals surface area contributed by atoms with Crippen LogP contribution in [0.3, 0.4) is 0 Å². The predicted molar refractivity (Wildman–Crippen MR) is 70.0 cm³/mol. The summed E-state index contributed by atoms with van der Waals surface area (Å²) in [6.07, 6.45) is 1.68. The van der Waals surface area contributed by atoms with Crippen LogP contribution in [-0.2, 0) is 16.1 Å². The largest absolute Gasteiger partial charge is 0.481 e. The number of thiophene rings is 1. The maximum absolute atomic E-state index is 11.4. The van der Waals surface area contributed by atoms with Gasteiger partial charge in [0.15, 0.2) is 0 Å². The van der Waals surface area contributed by atoms with Gasteiger partial charge in [-0.15, -0.1) is 11.3 Å². The Morgan fingerprint density at radius 1 is 1.35 bits per heavy atom. The fraction of sp³-hybridized carbons (Fsp3) is 0.455. The SMILES string of the molecule is O=C(O)CCCCC(=O)NCc1sccc1Br. The molecule has 0 aliphatic rings. The van der Waals surface area contributed by atoms with Crippen LogP contribution in [0, 0.1) is 0 Å². The highest BCUT2D eigenvalue weighted by Gasteiger charge is 2.05.